The van der Waals surface area contributed by atoms with Gasteiger partial charge in [-0.2, -0.15) is 5.06 Å². The normalized spacial score (nSPS) is 20.9. The van der Waals surface area contributed by atoms with Crippen LogP contribution >= 0.6 is 0 Å². The van der Waals surface area contributed by atoms with Gasteiger partial charge in [0.1, 0.15) is 6.10 Å². The zero-order valence-electron chi connectivity index (χ0n) is 13.9. The standard InChI is InChI=1S/C17H23NO5/c1-16(2)9-11(10-17(3,4)18(16)22)23-15(21)13-8-6-5-7-12(13)14(19)20/h5-8,11,22H,9-10H2,1-4H3,(H,19,20). The van der Waals surface area contributed by atoms with Gasteiger partial charge in [0.05, 0.1) is 11.1 Å². The topological polar surface area (TPSA) is 87.1 Å². The summed E-state index contributed by atoms with van der Waals surface area (Å²) in [5.74, 6) is -1.81. The second-order valence-corrected chi connectivity index (χ2v) is 7.22. The Balaban J connectivity index is 2.20. The Hall–Kier alpha value is -1.92. The highest BCUT2D eigenvalue weighted by molar-refractivity contribution is 6.02. The number of carbonyl (C=O) groups excluding carboxylic acids is 1. The number of carbonyl (C=O) groups is 2. The van der Waals surface area contributed by atoms with E-state index in [0.717, 1.165) is 0 Å². The highest BCUT2D eigenvalue weighted by Crippen LogP contribution is 2.38. The number of rotatable bonds is 3. The summed E-state index contributed by atoms with van der Waals surface area (Å²) in [6.07, 6.45) is 0.541. The summed E-state index contributed by atoms with van der Waals surface area (Å²) in [5.41, 5.74) is -1.12. The maximum absolute atomic E-state index is 12.4. The van der Waals surface area contributed by atoms with E-state index in [4.69, 9.17) is 4.74 Å². The van der Waals surface area contributed by atoms with Crippen molar-refractivity contribution >= 4 is 11.9 Å². The number of benzene rings is 1. The second kappa shape index (κ2) is 5.94. The number of hydrogen-bond donors (Lipinski definition) is 2. The molecule has 0 atom stereocenters. The van der Waals surface area contributed by atoms with Gasteiger partial charge in [0.15, 0.2) is 0 Å². The van der Waals surface area contributed by atoms with Gasteiger partial charge < -0.3 is 15.1 Å². The predicted molar refractivity (Wildman–Crippen MR) is 83.6 cm³/mol. The first kappa shape index (κ1) is 17.4. The van der Waals surface area contributed by atoms with E-state index in [-0.39, 0.29) is 11.1 Å². The molecule has 0 bridgehead atoms. The summed E-state index contributed by atoms with van der Waals surface area (Å²) in [6, 6.07) is 6.00. The maximum Gasteiger partial charge on any atom is 0.339 e. The van der Waals surface area contributed by atoms with Crippen LogP contribution in [-0.4, -0.2) is 44.5 Å². The van der Waals surface area contributed by atoms with Crippen LogP contribution in [0, 0.1) is 0 Å². The maximum atomic E-state index is 12.4. The Morgan fingerprint density at radius 1 is 1.09 bits per heavy atom. The Morgan fingerprint density at radius 3 is 2.04 bits per heavy atom. The molecule has 1 saturated heterocycles. The summed E-state index contributed by atoms with van der Waals surface area (Å²) in [7, 11) is 0. The molecule has 0 saturated carbocycles. The van der Waals surface area contributed by atoms with Crippen LogP contribution in [-0.2, 0) is 4.74 Å². The van der Waals surface area contributed by atoms with Crippen LogP contribution in [0.1, 0.15) is 61.3 Å². The molecule has 0 aliphatic carbocycles. The molecule has 0 radical (unpaired) electrons. The van der Waals surface area contributed by atoms with Crippen LogP contribution < -0.4 is 0 Å². The molecule has 126 valence electrons. The first-order chi connectivity index (χ1) is 10.5. The number of aromatic carboxylic acids is 1. The second-order valence-electron chi connectivity index (χ2n) is 7.22. The van der Waals surface area contributed by atoms with Crippen LogP contribution in [0.15, 0.2) is 24.3 Å². The minimum atomic E-state index is -1.16. The molecule has 0 aromatic heterocycles. The van der Waals surface area contributed by atoms with Gasteiger partial charge in [0.25, 0.3) is 0 Å². The van der Waals surface area contributed by atoms with Gasteiger partial charge in [-0.15, -0.1) is 0 Å². The molecular weight excluding hydrogens is 298 g/mol. The summed E-state index contributed by atoms with van der Waals surface area (Å²) < 4.78 is 5.55. The van der Waals surface area contributed by atoms with Crippen LogP contribution in [0.5, 0.6) is 0 Å². The van der Waals surface area contributed by atoms with Gasteiger partial charge >= 0.3 is 11.9 Å². The fourth-order valence-electron chi connectivity index (χ4n) is 3.32. The lowest BCUT2D eigenvalue weighted by molar-refractivity contribution is -0.256. The summed E-state index contributed by atoms with van der Waals surface area (Å²) >= 11 is 0. The van der Waals surface area contributed by atoms with Crippen molar-refractivity contribution < 1.29 is 24.6 Å². The lowest BCUT2D eigenvalue weighted by atomic mass is 9.80. The number of hydroxylamine groups is 2. The molecule has 6 heteroatoms. The number of ether oxygens (including phenoxy) is 1. The minimum Gasteiger partial charge on any atom is -0.478 e. The van der Waals surface area contributed by atoms with E-state index in [2.05, 4.69) is 0 Å². The Labute approximate surface area is 135 Å². The molecule has 0 spiro atoms. The van der Waals surface area contributed by atoms with Crippen LogP contribution in [0.3, 0.4) is 0 Å². The zero-order valence-corrected chi connectivity index (χ0v) is 13.9. The van der Waals surface area contributed by atoms with Gasteiger partial charge in [0.2, 0.25) is 0 Å². The van der Waals surface area contributed by atoms with E-state index in [9.17, 15) is 19.9 Å². The van der Waals surface area contributed by atoms with Crippen LogP contribution in [0.4, 0.5) is 0 Å². The minimum absolute atomic E-state index is 0.0436. The van der Waals surface area contributed by atoms with Crippen molar-refractivity contribution in [2.75, 3.05) is 0 Å². The molecule has 1 fully saturated rings. The van der Waals surface area contributed by atoms with Crippen molar-refractivity contribution in [2.45, 2.75) is 57.7 Å². The van der Waals surface area contributed by atoms with E-state index >= 15 is 0 Å². The number of carboxylic acids is 1. The molecule has 1 aromatic rings. The zero-order chi connectivity index (χ0) is 17.4. The monoisotopic (exact) mass is 321 g/mol. The number of nitrogens with zero attached hydrogens (tertiary/aromatic N) is 1. The van der Waals surface area contributed by atoms with E-state index in [1.807, 2.05) is 27.7 Å². The Kier molecular flexibility index (Phi) is 4.50. The average molecular weight is 321 g/mol. The Morgan fingerprint density at radius 2 is 1.57 bits per heavy atom. The van der Waals surface area contributed by atoms with Crippen molar-refractivity contribution in [3.05, 3.63) is 35.4 Å². The summed E-state index contributed by atoms with van der Waals surface area (Å²) in [5, 5.41) is 20.7. The van der Waals surface area contributed by atoms with Gasteiger partial charge in [-0.25, -0.2) is 9.59 Å². The van der Waals surface area contributed by atoms with Crippen molar-refractivity contribution in [2.24, 2.45) is 0 Å². The van der Waals surface area contributed by atoms with Crippen molar-refractivity contribution in [1.82, 2.24) is 5.06 Å². The Bertz CT molecular complexity index is 605. The summed E-state index contributed by atoms with van der Waals surface area (Å²) in [4.78, 5) is 23.6. The lowest BCUT2D eigenvalue weighted by Crippen LogP contribution is -2.60. The molecule has 23 heavy (non-hydrogen) atoms. The molecule has 1 aromatic carbocycles. The van der Waals surface area contributed by atoms with Gasteiger partial charge in [-0.05, 0) is 39.8 Å². The number of carboxylic acid groups (broad SMARTS) is 1. The molecule has 0 unspecified atom stereocenters. The first-order valence-electron chi connectivity index (χ1n) is 7.57. The van der Waals surface area contributed by atoms with Crippen molar-refractivity contribution in [1.29, 1.82) is 0 Å². The molecule has 0 amide bonds. The highest BCUT2D eigenvalue weighted by Gasteiger charge is 2.46. The first-order valence-corrected chi connectivity index (χ1v) is 7.57. The van der Waals surface area contributed by atoms with Crippen molar-refractivity contribution in [3.63, 3.8) is 0 Å². The van der Waals surface area contributed by atoms with Crippen LogP contribution in [0.25, 0.3) is 0 Å². The predicted octanol–water partition coefficient (Wildman–Crippen LogP) is 2.95. The molecule has 1 aliphatic rings. The fraction of sp³-hybridized carbons (Fsp3) is 0.529. The third-order valence-electron chi connectivity index (χ3n) is 4.25. The van der Waals surface area contributed by atoms with Crippen molar-refractivity contribution in [3.8, 4) is 0 Å². The number of piperidine rings is 1. The van der Waals surface area contributed by atoms with E-state index in [1.165, 1.54) is 17.2 Å². The fourth-order valence-corrected chi connectivity index (χ4v) is 3.32. The average Bonchev–Trinajstić information content (AvgIpc) is 2.44. The summed E-state index contributed by atoms with van der Waals surface area (Å²) in [6.45, 7) is 7.50. The van der Waals surface area contributed by atoms with E-state index in [1.54, 1.807) is 12.1 Å². The number of hydrogen-bond acceptors (Lipinski definition) is 5. The molecule has 2 rings (SSSR count). The lowest BCUT2D eigenvalue weighted by Gasteiger charge is -2.50. The molecule has 6 nitrogen and oxygen atoms in total. The van der Waals surface area contributed by atoms with Gasteiger partial charge in [0, 0.05) is 23.9 Å². The van der Waals surface area contributed by atoms with Gasteiger partial charge in [-0.1, -0.05) is 12.1 Å². The quantitative estimate of drug-likeness (QED) is 0.832. The van der Waals surface area contributed by atoms with Gasteiger partial charge in [-0.3, -0.25) is 0 Å². The van der Waals surface area contributed by atoms with E-state index in [0.29, 0.717) is 12.8 Å². The van der Waals surface area contributed by atoms with E-state index < -0.39 is 29.1 Å². The molecule has 1 heterocycles. The smallest absolute Gasteiger partial charge is 0.339 e. The SMILES string of the molecule is CC1(C)CC(OC(=O)c2ccccc2C(=O)O)CC(C)(C)N1O. The largest absolute Gasteiger partial charge is 0.478 e. The molecular formula is C17H23NO5. The number of esters is 1. The molecule has 2 N–H and O–H groups in total. The molecule has 1 aliphatic heterocycles. The third-order valence-corrected chi connectivity index (χ3v) is 4.25. The van der Waals surface area contributed by atoms with Crippen LogP contribution in [0.2, 0.25) is 0 Å². The highest BCUT2D eigenvalue weighted by atomic mass is 16.5. The third kappa shape index (κ3) is 3.54.